The maximum Gasteiger partial charge on any atom is 0.137 e. The molecule has 0 aliphatic heterocycles. The van der Waals surface area contributed by atoms with E-state index in [-0.39, 0.29) is 34.5 Å². The molecule has 0 aromatic carbocycles. The highest BCUT2D eigenvalue weighted by Crippen LogP contribution is 2.41. The lowest BCUT2D eigenvalue weighted by molar-refractivity contribution is -0.128. The number of allylic oxidation sites excluding steroid dienone is 4. The molecule has 0 heterocycles. The van der Waals surface area contributed by atoms with Gasteiger partial charge in [0.25, 0.3) is 0 Å². The molecule has 0 unspecified atom stereocenters. The molecule has 0 saturated heterocycles. The molecular weight excluding hydrogens is 272 g/mol. The summed E-state index contributed by atoms with van der Waals surface area (Å²) < 4.78 is 0. The summed E-state index contributed by atoms with van der Waals surface area (Å²) in [5.41, 5.74) is -0.165. The summed E-state index contributed by atoms with van der Waals surface area (Å²) in [6.07, 6.45) is 9.94. The van der Waals surface area contributed by atoms with E-state index in [0.29, 0.717) is 24.4 Å². The number of rotatable bonds is 1. The minimum absolute atomic E-state index is 0.0239. The molecule has 4 atom stereocenters. The quantitative estimate of drug-likeness (QED) is 0.663. The van der Waals surface area contributed by atoms with E-state index in [4.69, 9.17) is 0 Å². The predicted molar refractivity (Wildman–Crippen MR) is 90.4 cm³/mol. The zero-order valence-corrected chi connectivity index (χ0v) is 14.8. The Morgan fingerprint density at radius 3 is 1.41 bits per heavy atom. The van der Waals surface area contributed by atoms with Gasteiger partial charge >= 0.3 is 0 Å². The first kappa shape index (κ1) is 17.2. The van der Waals surface area contributed by atoms with E-state index in [9.17, 15) is 9.59 Å². The lowest BCUT2D eigenvalue weighted by atomic mass is 9.73. The van der Waals surface area contributed by atoms with Crippen molar-refractivity contribution >= 4 is 11.6 Å². The van der Waals surface area contributed by atoms with Gasteiger partial charge in [0, 0.05) is 24.7 Å². The summed E-state index contributed by atoms with van der Waals surface area (Å²) in [7, 11) is 0. The van der Waals surface area contributed by atoms with Crippen molar-refractivity contribution in [3.8, 4) is 0 Å². The van der Waals surface area contributed by atoms with Crippen LogP contribution >= 0.6 is 0 Å². The molecule has 0 fully saturated rings. The van der Waals surface area contributed by atoms with Crippen LogP contribution in [0.2, 0.25) is 0 Å². The van der Waals surface area contributed by atoms with E-state index in [1.165, 1.54) is 0 Å². The van der Waals surface area contributed by atoms with E-state index >= 15 is 0 Å². The fraction of sp³-hybridized carbons (Fsp3) is 0.700. The molecule has 2 heteroatoms. The molecule has 0 spiro atoms. The molecule has 0 amide bonds. The average Bonchev–Trinajstić information content (AvgIpc) is 2.54. The first-order chi connectivity index (χ1) is 10.0. The van der Waals surface area contributed by atoms with Gasteiger partial charge in [0.05, 0.1) is 0 Å². The molecule has 0 aromatic heterocycles. The molecule has 0 radical (unpaired) electrons. The number of Topliss-reactive ketones (excluding diaryl/α,β-unsaturated/α-hetero) is 2. The fourth-order valence-corrected chi connectivity index (χ4v) is 3.77. The molecule has 0 saturated carbocycles. The van der Waals surface area contributed by atoms with E-state index in [1.807, 2.05) is 13.8 Å². The van der Waals surface area contributed by atoms with Crippen LogP contribution in [0.3, 0.4) is 0 Å². The van der Waals surface area contributed by atoms with Crippen molar-refractivity contribution in [3.63, 3.8) is 0 Å². The third-order valence-corrected chi connectivity index (χ3v) is 5.41. The van der Waals surface area contributed by atoms with E-state index < -0.39 is 0 Å². The van der Waals surface area contributed by atoms with Crippen molar-refractivity contribution in [3.05, 3.63) is 24.3 Å². The van der Waals surface area contributed by atoms with Crippen molar-refractivity contribution in [1.82, 2.24) is 0 Å². The molecule has 0 N–H and O–H groups in total. The number of carbonyl (C=O) groups excluding carboxylic acids is 2. The van der Waals surface area contributed by atoms with E-state index in [0.717, 1.165) is 0 Å². The summed E-state index contributed by atoms with van der Waals surface area (Å²) in [6.45, 7) is 12.5. The second-order valence-electron chi connectivity index (χ2n) is 8.71. The third-order valence-electron chi connectivity index (χ3n) is 5.41. The highest BCUT2D eigenvalue weighted by atomic mass is 16.1. The van der Waals surface area contributed by atoms with Crippen LogP contribution in [0.25, 0.3) is 0 Å². The smallest absolute Gasteiger partial charge is 0.137 e. The number of hydrogen-bond donors (Lipinski definition) is 0. The van der Waals surface area contributed by atoms with Gasteiger partial charge in [-0.1, -0.05) is 65.8 Å². The standard InChI is InChI=1S/C20H30O2/c1-13-15(7-9-19(3,4)11-17(13)21)16-8-10-20(5,6)12-18(22)14(16)2/h7-10,13-16H,11-12H2,1-6H3/t13-,14-,15-,16+/m1/s1. The molecule has 2 aliphatic rings. The van der Waals surface area contributed by atoms with Gasteiger partial charge in [0.1, 0.15) is 11.6 Å². The van der Waals surface area contributed by atoms with Gasteiger partial charge in [-0.05, 0) is 22.7 Å². The minimum Gasteiger partial charge on any atom is -0.299 e. The summed E-state index contributed by atoms with van der Waals surface area (Å²) in [5, 5.41) is 0. The Kier molecular flexibility index (Phi) is 4.52. The Labute approximate surface area is 135 Å². The summed E-state index contributed by atoms with van der Waals surface area (Å²) in [4.78, 5) is 25.1. The molecule has 0 aromatic rings. The Morgan fingerprint density at radius 1 is 0.773 bits per heavy atom. The Bertz CT molecular complexity index is 474. The Balaban J connectivity index is 2.39. The van der Waals surface area contributed by atoms with Gasteiger partial charge < -0.3 is 0 Å². The van der Waals surface area contributed by atoms with Gasteiger partial charge in [0.15, 0.2) is 0 Å². The number of ketones is 2. The fourth-order valence-electron chi connectivity index (χ4n) is 3.77. The summed E-state index contributed by atoms with van der Waals surface area (Å²) >= 11 is 0. The molecular formula is C20H30O2. The van der Waals surface area contributed by atoms with Crippen LogP contribution in [0.5, 0.6) is 0 Å². The number of carbonyl (C=O) groups is 2. The predicted octanol–water partition coefficient (Wildman–Crippen LogP) is 4.60. The molecule has 22 heavy (non-hydrogen) atoms. The zero-order valence-electron chi connectivity index (χ0n) is 14.8. The second-order valence-corrected chi connectivity index (χ2v) is 8.71. The second kappa shape index (κ2) is 5.79. The highest BCUT2D eigenvalue weighted by Gasteiger charge is 2.39. The Hall–Kier alpha value is -1.18. The van der Waals surface area contributed by atoms with Gasteiger partial charge in [-0.15, -0.1) is 0 Å². The average molecular weight is 302 g/mol. The van der Waals surface area contributed by atoms with Gasteiger partial charge in [-0.2, -0.15) is 0 Å². The first-order valence-corrected chi connectivity index (χ1v) is 8.47. The van der Waals surface area contributed by atoms with Crippen molar-refractivity contribution in [2.45, 2.75) is 54.4 Å². The first-order valence-electron chi connectivity index (χ1n) is 8.47. The molecule has 0 bridgehead atoms. The van der Waals surface area contributed by atoms with E-state index in [1.54, 1.807) is 0 Å². The maximum absolute atomic E-state index is 12.5. The van der Waals surface area contributed by atoms with Crippen LogP contribution in [0.15, 0.2) is 24.3 Å². The van der Waals surface area contributed by atoms with Crippen molar-refractivity contribution in [2.75, 3.05) is 0 Å². The van der Waals surface area contributed by atoms with Gasteiger partial charge in [-0.3, -0.25) is 9.59 Å². The normalized spacial score (nSPS) is 37.7. The Morgan fingerprint density at radius 2 is 1.09 bits per heavy atom. The lowest BCUT2D eigenvalue weighted by Gasteiger charge is -2.29. The highest BCUT2D eigenvalue weighted by molar-refractivity contribution is 5.84. The summed E-state index contributed by atoms with van der Waals surface area (Å²) in [5.74, 6) is 0.832. The zero-order chi connectivity index (χ0) is 16.7. The van der Waals surface area contributed by atoms with Crippen LogP contribution in [-0.4, -0.2) is 11.6 Å². The van der Waals surface area contributed by atoms with Gasteiger partial charge in [-0.25, -0.2) is 0 Å². The molecule has 122 valence electrons. The minimum atomic E-state index is -0.0823. The molecule has 2 aliphatic carbocycles. The third kappa shape index (κ3) is 3.59. The van der Waals surface area contributed by atoms with Crippen molar-refractivity contribution in [1.29, 1.82) is 0 Å². The monoisotopic (exact) mass is 302 g/mol. The van der Waals surface area contributed by atoms with Crippen LogP contribution < -0.4 is 0 Å². The molecule has 2 rings (SSSR count). The van der Waals surface area contributed by atoms with Crippen LogP contribution in [-0.2, 0) is 9.59 Å². The maximum atomic E-state index is 12.5. The van der Waals surface area contributed by atoms with E-state index in [2.05, 4.69) is 52.0 Å². The SMILES string of the molecule is C[C@H]1C(=O)CC(C)(C)C=C[C@@H]1[C@@H]1C=CC(C)(C)CC(=O)[C@@H]1C. The number of hydrogen-bond acceptors (Lipinski definition) is 2. The van der Waals surface area contributed by atoms with Crippen LogP contribution in [0.1, 0.15) is 54.4 Å². The lowest BCUT2D eigenvalue weighted by Crippen LogP contribution is -2.31. The van der Waals surface area contributed by atoms with Crippen LogP contribution in [0.4, 0.5) is 0 Å². The van der Waals surface area contributed by atoms with Gasteiger partial charge in [0.2, 0.25) is 0 Å². The van der Waals surface area contributed by atoms with Crippen molar-refractivity contribution < 1.29 is 9.59 Å². The summed E-state index contributed by atoms with van der Waals surface area (Å²) in [6, 6.07) is 0. The largest absolute Gasteiger partial charge is 0.299 e. The van der Waals surface area contributed by atoms with Crippen LogP contribution in [0, 0.1) is 34.5 Å². The topological polar surface area (TPSA) is 34.1 Å². The van der Waals surface area contributed by atoms with Crippen molar-refractivity contribution in [2.24, 2.45) is 34.5 Å². The molecule has 2 nitrogen and oxygen atoms in total.